The highest BCUT2D eigenvalue weighted by atomic mass is 35.5. The summed E-state index contributed by atoms with van der Waals surface area (Å²) in [5.41, 5.74) is 2.28. The fraction of sp³-hybridized carbons (Fsp3) is 0.444. The van der Waals surface area contributed by atoms with Crippen molar-refractivity contribution in [3.8, 4) is 0 Å². The third-order valence-corrected chi connectivity index (χ3v) is 4.20. The third-order valence-electron chi connectivity index (χ3n) is 2.52. The smallest absolute Gasteiger partial charge is 0.242 e. The van der Waals surface area contributed by atoms with E-state index < -0.39 is 10.0 Å². The SMILES string of the molecule is NNc1ncc(S(=O)(=O)NCC2CC2)cc1Cl. The Kier molecular flexibility index (Phi) is 3.53. The maximum Gasteiger partial charge on any atom is 0.242 e. The van der Waals surface area contributed by atoms with Gasteiger partial charge in [-0.05, 0) is 24.8 Å². The van der Waals surface area contributed by atoms with Crippen LogP contribution in [0.25, 0.3) is 0 Å². The quantitative estimate of drug-likeness (QED) is 0.544. The standard InChI is InChI=1S/C9H13ClN4O2S/c10-8-3-7(5-12-9(8)14-11)17(15,16)13-4-6-1-2-6/h3,5-6,13H,1-2,4,11H2,(H,12,14). The molecule has 6 nitrogen and oxygen atoms in total. The van der Waals surface area contributed by atoms with Gasteiger partial charge < -0.3 is 5.43 Å². The number of hydrogen-bond acceptors (Lipinski definition) is 5. The molecule has 0 radical (unpaired) electrons. The Morgan fingerprint density at radius 3 is 2.76 bits per heavy atom. The summed E-state index contributed by atoms with van der Waals surface area (Å²) in [7, 11) is -3.53. The molecule has 0 atom stereocenters. The number of sulfonamides is 1. The van der Waals surface area contributed by atoms with E-state index >= 15 is 0 Å². The molecule has 0 bridgehead atoms. The van der Waals surface area contributed by atoms with Crippen LogP contribution >= 0.6 is 11.6 Å². The lowest BCUT2D eigenvalue weighted by Gasteiger charge is -2.07. The van der Waals surface area contributed by atoms with Gasteiger partial charge in [0.25, 0.3) is 0 Å². The van der Waals surface area contributed by atoms with E-state index in [0.717, 1.165) is 12.8 Å². The van der Waals surface area contributed by atoms with Crippen molar-refractivity contribution in [3.63, 3.8) is 0 Å². The van der Waals surface area contributed by atoms with Crippen LogP contribution in [0.5, 0.6) is 0 Å². The first-order valence-corrected chi connectivity index (χ1v) is 7.01. The number of hydrazine groups is 1. The Morgan fingerprint density at radius 1 is 1.53 bits per heavy atom. The molecule has 8 heteroatoms. The van der Waals surface area contributed by atoms with Crippen molar-refractivity contribution in [2.75, 3.05) is 12.0 Å². The molecule has 1 saturated carbocycles. The van der Waals surface area contributed by atoms with Gasteiger partial charge in [-0.15, -0.1) is 0 Å². The van der Waals surface area contributed by atoms with Gasteiger partial charge in [0.1, 0.15) is 4.90 Å². The minimum atomic E-state index is -3.53. The fourth-order valence-corrected chi connectivity index (χ4v) is 2.68. The first-order chi connectivity index (χ1) is 8.03. The second-order valence-electron chi connectivity index (χ2n) is 3.94. The van der Waals surface area contributed by atoms with Gasteiger partial charge in [0.2, 0.25) is 10.0 Å². The molecule has 4 N–H and O–H groups in total. The molecule has 1 aliphatic carbocycles. The van der Waals surface area contributed by atoms with Crippen LogP contribution in [-0.2, 0) is 10.0 Å². The van der Waals surface area contributed by atoms with Crippen LogP contribution in [0.3, 0.4) is 0 Å². The highest BCUT2D eigenvalue weighted by molar-refractivity contribution is 7.89. The van der Waals surface area contributed by atoms with Crippen molar-refractivity contribution < 1.29 is 8.42 Å². The minimum absolute atomic E-state index is 0.0437. The molecular formula is C9H13ClN4O2S. The number of nitrogens with zero attached hydrogens (tertiary/aromatic N) is 1. The van der Waals surface area contributed by atoms with Crippen LogP contribution in [0, 0.1) is 5.92 Å². The summed E-state index contributed by atoms with van der Waals surface area (Å²) in [6.07, 6.45) is 3.38. The van der Waals surface area contributed by atoms with Crippen molar-refractivity contribution >= 4 is 27.4 Å². The van der Waals surface area contributed by atoms with Crippen molar-refractivity contribution in [2.24, 2.45) is 11.8 Å². The molecule has 1 aromatic heterocycles. The van der Waals surface area contributed by atoms with E-state index in [2.05, 4.69) is 15.1 Å². The fourth-order valence-electron chi connectivity index (χ4n) is 1.31. The molecule has 0 spiro atoms. The van der Waals surface area contributed by atoms with Gasteiger partial charge >= 0.3 is 0 Å². The average Bonchev–Trinajstić information content (AvgIpc) is 3.10. The monoisotopic (exact) mass is 276 g/mol. The summed E-state index contributed by atoms with van der Waals surface area (Å²) in [4.78, 5) is 3.86. The maximum atomic E-state index is 11.9. The lowest BCUT2D eigenvalue weighted by molar-refractivity contribution is 0.577. The number of aromatic nitrogens is 1. The normalized spacial score (nSPS) is 15.9. The number of rotatable bonds is 5. The molecule has 0 saturated heterocycles. The van der Waals surface area contributed by atoms with E-state index in [4.69, 9.17) is 17.4 Å². The summed E-state index contributed by atoms with van der Waals surface area (Å²) in [5, 5.41) is 0.168. The Morgan fingerprint density at radius 2 is 2.24 bits per heavy atom. The molecule has 1 aliphatic rings. The van der Waals surface area contributed by atoms with E-state index in [1.54, 1.807) is 0 Å². The average molecular weight is 277 g/mol. The van der Waals surface area contributed by atoms with E-state index in [0.29, 0.717) is 12.5 Å². The second kappa shape index (κ2) is 4.77. The van der Waals surface area contributed by atoms with E-state index in [-0.39, 0.29) is 15.7 Å². The van der Waals surface area contributed by atoms with E-state index in [1.165, 1.54) is 12.3 Å². The van der Waals surface area contributed by atoms with Gasteiger partial charge in [0.05, 0.1) is 5.02 Å². The van der Waals surface area contributed by atoms with Gasteiger partial charge in [0, 0.05) is 12.7 Å². The lowest BCUT2D eigenvalue weighted by Crippen LogP contribution is -2.26. The van der Waals surface area contributed by atoms with Crippen molar-refractivity contribution in [2.45, 2.75) is 17.7 Å². The molecule has 2 rings (SSSR count). The number of nitrogens with one attached hydrogen (secondary N) is 2. The van der Waals surface area contributed by atoms with Gasteiger partial charge in [-0.3, -0.25) is 0 Å². The van der Waals surface area contributed by atoms with Gasteiger partial charge in [0.15, 0.2) is 5.82 Å². The lowest BCUT2D eigenvalue weighted by atomic mass is 10.4. The van der Waals surface area contributed by atoms with Crippen LogP contribution in [0.1, 0.15) is 12.8 Å². The zero-order valence-electron chi connectivity index (χ0n) is 8.98. The Hall–Kier alpha value is -0.890. The first-order valence-electron chi connectivity index (χ1n) is 5.15. The number of pyridine rings is 1. The largest absolute Gasteiger partial charge is 0.307 e. The number of nitrogen functional groups attached to an aromatic ring is 1. The molecule has 1 heterocycles. The molecule has 0 aliphatic heterocycles. The van der Waals surface area contributed by atoms with Crippen LogP contribution < -0.4 is 16.0 Å². The zero-order chi connectivity index (χ0) is 12.5. The minimum Gasteiger partial charge on any atom is -0.307 e. The zero-order valence-corrected chi connectivity index (χ0v) is 10.6. The van der Waals surface area contributed by atoms with E-state index in [1.807, 2.05) is 0 Å². The van der Waals surface area contributed by atoms with E-state index in [9.17, 15) is 8.42 Å². The van der Waals surface area contributed by atoms with Gasteiger partial charge in [-0.1, -0.05) is 11.6 Å². The molecule has 1 aromatic rings. The molecule has 0 aromatic carbocycles. The highest BCUT2D eigenvalue weighted by Crippen LogP contribution is 2.28. The summed E-state index contributed by atoms with van der Waals surface area (Å²) < 4.78 is 26.2. The van der Waals surface area contributed by atoms with Crippen molar-refractivity contribution in [3.05, 3.63) is 17.3 Å². The highest BCUT2D eigenvalue weighted by Gasteiger charge is 2.24. The Bertz CT molecular complexity index is 516. The van der Waals surface area contributed by atoms with Crippen LogP contribution in [0.15, 0.2) is 17.2 Å². The van der Waals surface area contributed by atoms with Crippen LogP contribution in [0.4, 0.5) is 5.82 Å². The number of halogens is 1. The molecular weight excluding hydrogens is 264 g/mol. The molecule has 17 heavy (non-hydrogen) atoms. The molecule has 94 valence electrons. The number of anilines is 1. The first kappa shape index (κ1) is 12.6. The summed E-state index contributed by atoms with van der Waals surface area (Å²) in [6.45, 7) is 0.469. The predicted octanol–water partition coefficient (Wildman–Crippen LogP) is 0.709. The molecule has 1 fully saturated rings. The second-order valence-corrected chi connectivity index (χ2v) is 6.12. The van der Waals surface area contributed by atoms with Crippen molar-refractivity contribution in [1.82, 2.24) is 9.71 Å². The Labute approximate surface area is 105 Å². The Balaban J connectivity index is 2.16. The number of nitrogens with two attached hydrogens (primary N) is 1. The van der Waals surface area contributed by atoms with Crippen LogP contribution in [-0.4, -0.2) is 19.9 Å². The van der Waals surface area contributed by atoms with Gasteiger partial charge in [-0.25, -0.2) is 24.0 Å². The summed E-state index contributed by atoms with van der Waals surface area (Å²) in [5.74, 6) is 5.87. The van der Waals surface area contributed by atoms with Gasteiger partial charge in [-0.2, -0.15) is 0 Å². The van der Waals surface area contributed by atoms with Crippen LogP contribution in [0.2, 0.25) is 5.02 Å². The molecule has 0 unspecified atom stereocenters. The predicted molar refractivity (Wildman–Crippen MR) is 65.0 cm³/mol. The molecule has 0 amide bonds. The van der Waals surface area contributed by atoms with Crippen molar-refractivity contribution in [1.29, 1.82) is 0 Å². The maximum absolute atomic E-state index is 11.9. The summed E-state index contributed by atoms with van der Waals surface area (Å²) >= 11 is 5.81. The number of hydrogen-bond donors (Lipinski definition) is 3. The topological polar surface area (TPSA) is 97.1 Å². The third kappa shape index (κ3) is 3.06. The summed E-state index contributed by atoms with van der Waals surface area (Å²) in [6, 6.07) is 1.32.